The van der Waals surface area contributed by atoms with E-state index >= 15 is 0 Å². The van der Waals surface area contributed by atoms with E-state index in [1.54, 1.807) is 0 Å². The highest BCUT2D eigenvalue weighted by atomic mass is 19.1. The van der Waals surface area contributed by atoms with Gasteiger partial charge in [0.2, 0.25) is 5.91 Å². The summed E-state index contributed by atoms with van der Waals surface area (Å²) in [6.45, 7) is 4.40. The van der Waals surface area contributed by atoms with Crippen LogP contribution in [-0.2, 0) is 4.79 Å². The Labute approximate surface area is 131 Å². The fraction of sp³-hybridized carbons (Fsp3) is 0.556. The van der Waals surface area contributed by atoms with E-state index in [0.717, 1.165) is 12.8 Å². The van der Waals surface area contributed by atoms with E-state index in [1.807, 2.05) is 0 Å². The molecular weight excluding hydrogens is 281 g/mol. The van der Waals surface area contributed by atoms with Crippen molar-refractivity contribution in [1.82, 2.24) is 5.32 Å². The number of benzene rings is 1. The van der Waals surface area contributed by atoms with Gasteiger partial charge in [-0.05, 0) is 42.5 Å². The molecule has 0 unspecified atom stereocenters. The lowest BCUT2D eigenvalue weighted by molar-refractivity contribution is -0.122. The predicted molar refractivity (Wildman–Crippen MR) is 84.1 cm³/mol. The van der Waals surface area contributed by atoms with Crippen LogP contribution in [0.15, 0.2) is 24.3 Å². The fourth-order valence-electron chi connectivity index (χ4n) is 3.07. The van der Waals surface area contributed by atoms with Crippen LogP contribution in [0.3, 0.4) is 0 Å². The second kappa shape index (κ2) is 7.52. The van der Waals surface area contributed by atoms with E-state index in [1.165, 1.54) is 30.7 Å². The van der Waals surface area contributed by atoms with Gasteiger partial charge in [-0.15, -0.1) is 0 Å². The molecule has 3 nitrogen and oxygen atoms in total. The molecule has 22 heavy (non-hydrogen) atoms. The van der Waals surface area contributed by atoms with Crippen LogP contribution in [0.25, 0.3) is 0 Å². The van der Waals surface area contributed by atoms with Gasteiger partial charge in [0, 0.05) is 24.4 Å². The maximum atomic E-state index is 12.8. The van der Waals surface area contributed by atoms with Crippen LogP contribution in [0, 0.1) is 17.7 Å². The molecule has 3 atom stereocenters. The Morgan fingerprint density at radius 2 is 1.82 bits per heavy atom. The molecule has 1 saturated carbocycles. The minimum atomic E-state index is -0.366. The molecule has 0 saturated heterocycles. The van der Waals surface area contributed by atoms with E-state index in [-0.39, 0.29) is 36.4 Å². The number of ketones is 1. The lowest BCUT2D eigenvalue weighted by Crippen LogP contribution is -2.43. The Bertz CT molecular complexity index is 526. The smallest absolute Gasteiger partial charge is 0.220 e. The third-order valence-corrected chi connectivity index (χ3v) is 4.80. The summed E-state index contributed by atoms with van der Waals surface area (Å²) in [6, 6.07) is 5.66. The largest absolute Gasteiger partial charge is 0.353 e. The summed E-state index contributed by atoms with van der Waals surface area (Å²) >= 11 is 0. The Morgan fingerprint density at radius 3 is 2.50 bits per heavy atom. The number of nitrogens with one attached hydrogen (secondary N) is 1. The topological polar surface area (TPSA) is 46.2 Å². The van der Waals surface area contributed by atoms with Crippen LogP contribution in [-0.4, -0.2) is 17.7 Å². The molecule has 120 valence electrons. The van der Waals surface area contributed by atoms with Gasteiger partial charge in [-0.1, -0.05) is 26.7 Å². The number of carbonyl (C=O) groups is 2. The van der Waals surface area contributed by atoms with E-state index < -0.39 is 0 Å². The van der Waals surface area contributed by atoms with Gasteiger partial charge in [0.1, 0.15) is 5.82 Å². The van der Waals surface area contributed by atoms with Crippen molar-refractivity contribution in [3.8, 4) is 0 Å². The van der Waals surface area contributed by atoms with Crippen molar-refractivity contribution in [2.45, 2.75) is 52.0 Å². The number of amides is 1. The molecule has 0 bridgehead atoms. The van der Waals surface area contributed by atoms with Gasteiger partial charge >= 0.3 is 0 Å². The Balaban J connectivity index is 1.80. The van der Waals surface area contributed by atoms with Gasteiger partial charge in [-0.2, -0.15) is 0 Å². The van der Waals surface area contributed by atoms with Gasteiger partial charge in [-0.25, -0.2) is 4.39 Å². The zero-order valence-electron chi connectivity index (χ0n) is 13.3. The third kappa shape index (κ3) is 4.39. The van der Waals surface area contributed by atoms with Gasteiger partial charge in [0.25, 0.3) is 0 Å². The molecule has 1 aromatic rings. The highest BCUT2D eigenvalue weighted by molar-refractivity contribution is 5.97. The zero-order chi connectivity index (χ0) is 16.1. The number of hydrogen-bond acceptors (Lipinski definition) is 2. The van der Waals surface area contributed by atoms with E-state index in [9.17, 15) is 14.0 Å². The van der Waals surface area contributed by atoms with Crippen molar-refractivity contribution >= 4 is 11.7 Å². The lowest BCUT2D eigenvalue weighted by Gasteiger charge is -2.34. The zero-order valence-corrected chi connectivity index (χ0v) is 13.3. The highest BCUT2D eigenvalue weighted by Crippen LogP contribution is 2.29. The molecule has 4 heteroatoms. The van der Waals surface area contributed by atoms with Crippen LogP contribution >= 0.6 is 0 Å². The summed E-state index contributed by atoms with van der Waals surface area (Å²) in [5, 5.41) is 3.06. The lowest BCUT2D eigenvalue weighted by atomic mass is 9.78. The first-order valence-electron chi connectivity index (χ1n) is 8.05. The Kier molecular flexibility index (Phi) is 5.69. The summed E-state index contributed by atoms with van der Waals surface area (Å²) in [5.74, 6) is 0.543. The molecule has 0 heterocycles. The van der Waals surface area contributed by atoms with Crippen molar-refractivity contribution < 1.29 is 14.0 Å². The molecule has 1 amide bonds. The van der Waals surface area contributed by atoms with Crippen molar-refractivity contribution in [2.75, 3.05) is 0 Å². The van der Waals surface area contributed by atoms with E-state index in [0.29, 0.717) is 17.4 Å². The first-order chi connectivity index (χ1) is 10.5. The molecule has 0 aliphatic heterocycles. The van der Waals surface area contributed by atoms with Crippen molar-refractivity contribution in [2.24, 2.45) is 11.8 Å². The molecule has 2 rings (SSSR count). The Hall–Kier alpha value is -1.71. The highest BCUT2D eigenvalue weighted by Gasteiger charge is 2.28. The van der Waals surface area contributed by atoms with E-state index in [2.05, 4.69) is 19.2 Å². The second-order valence-electron chi connectivity index (χ2n) is 6.37. The molecule has 1 aliphatic carbocycles. The standard InChI is InChI=1S/C18H24FNO2/c1-12-4-3-5-16(13(12)2)20-18(22)11-10-17(21)14-6-8-15(19)9-7-14/h6-9,12-13,16H,3-5,10-11H2,1-2H3,(H,20,22)/t12-,13-,16+/m0/s1. The van der Waals surface area contributed by atoms with Gasteiger partial charge in [-0.3, -0.25) is 9.59 Å². The molecule has 0 radical (unpaired) electrons. The molecule has 1 N–H and O–H groups in total. The minimum absolute atomic E-state index is 0.0681. The summed E-state index contributed by atoms with van der Waals surface area (Å²) in [5.41, 5.74) is 0.453. The van der Waals surface area contributed by atoms with Gasteiger partial charge in [0.15, 0.2) is 5.78 Å². The number of carbonyl (C=O) groups excluding carboxylic acids is 2. The molecular formula is C18H24FNO2. The summed E-state index contributed by atoms with van der Waals surface area (Å²) in [6.07, 6.45) is 3.73. The number of halogens is 1. The van der Waals surface area contributed by atoms with Crippen LogP contribution in [0.5, 0.6) is 0 Å². The number of rotatable bonds is 5. The average Bonchev–Trinajstić information content (AvgIpc) is 2.50. The van der Waals surface area contributed by atoms with Gasteiger partial charge in [0.05, 0.1) is 0 Å². The summed E-state index contributed by atoms with van der Waals surface area (Å²) in [7, 11) is 0. The van der Waals surface area contributed by atoms with Crippen molar-refractivity contribution in [1.29, 1.82) is 0 Å². The van der Waals surface area contributed by atoms with Gasteiger partial charge < -0.3 is 5.32 Å². The number of hydrogen-bond donors (Lipinski definition) is 1. The third-order valence-electron chi connectivity index (χ3n) is 4.80. The van der Waals surface area contributed by atoms with Crippen LogP contribution < -0.4 is 5.32 Å². The first kappa shape index (κ1) is 16.7. The maximum absolute atomic E-state index is 12.8. The quantitative estimate of drug-likeness (QED) is 0.843. The predicted octanol–water partition coefficient (Wildman–Crippen LogP) is 3.73. The molecule has 1 fully saturated rings. The summed E-state index contributed by atoms with van der Waals surface area (Å²) < 4.78 is 12.8. The fourth-order valence-corrected chi connectivity index (χ4v) is 3.07. The van der Waals surface area contributed by atoms with Crippen molar-refractivity contribution in [3.05, 3.63) is 35.6 Å². The average molecular weight is 305 g/mol. The molecule has 1 aromatic carbocycles. The monoisotopic (exact) mass is 305 g/mol. The SMILES string of the molecule is C[C@H]1[C@@H](C)CCC[C@H]1NC(=O)CCC(=O)c1ccc(F)cc1. The summed E-state index contributed by atoms with van der Waals surface area (Å²) in [4.78, 5) is 24.0. The van der Waals surface area contributed by atoms with Crippen LogP contribution in [0.4, 0.5) is 4.39 Å². The molecule has 0 spiro atoms. The number of Topliss-reactive ketones (excluding diaryl/α,β-unsaturated/α-hetero) is 1. The van der Waals surface area contributed by atoms with Crippen LogP contribution in [0.1, 0.15) is 56.3 Å². The van der Waals surface area contributed by atoms with E-state index in [4.69, 9.17) is 0 Å². The van der Waals surface area contributed by atoms with Crippen molar-refractivity contribution in [3.63, 3.8) is 0 Å². The normalized spacial score (nSPS) is 24.8. The maximum Gasteiger partial charge on any atom is 0.220 e. The second-order valence-corrected chi connectivity index (χ2v) is 6.37. The molecule has 0 aromatic heterocycles. The first-order valence-corrected chi connectivity index (χ1v) is 8.05. The Morgan fingerprint density at radius 1 is 1.14 bits per heavy atom. The van der Waals surface area contributed by atoms with Crippen LogP contribution in [0.2, 0.25) is 0 Å². The molecule has 1 aliphatic rings. The minimum Gasteiger partial charge on any atom is -0.353 e.